The van der Waals surface area contributed by atoms with Crippen molar-refractivity contribution in [1.29, 1.82) is 5.26 Å². The molecule has 2 fully saturated rings. The molecule has 1 heteroatoms. The molecule has 0 aromatic heterocycles. The summed E-state index contributed by atoms with van der Waals surface area (Å²) in [6, 6.07) is 11.8. The Morgan fingerprint density at radius 2 is 1.43 bits per heavy atom. The van der Waals surface area contributed by atoms with Crippen molar-refractivity contribution < 1.29 is 0 Å². The third kappa shape index (κ3) is 6.12. The molecule has 0 heterocycles. The van der Waals surface area contributed by atoms with Crippen LogP contribution in [0.4, 0.5) is 0 Å². The lowest BCUT2D eigenvalue weighted by Crippen LogP contribution is -2.33. The Bertz CT molecular complexity index is 636. The van der Waals surface area contributed by atoms with Crippen LogP contribution in [0.3, 0.4) is 0 Å². The number of hydrogen-bond acceptors (Lipinski definition) is 1. The van der Waals surface area contributed by atoms with E-state index < -0.39 is 0 Å². The highest BCUT2D eigenvalue weighted by molar-refractivity contribution is 5.35. The predicted molar refractivity (Wildman–Crippen MR) is 129 cm³/mol. The van der Waals surface area contributed by atoms with Crippen molar-refractivity contribution in [2.24, 2.45) is 17.8 Å². The van der Waals surface area contributed by atoms with Crippen molar-refractivity contribution in [2.45, 2.75) is 122 Å². The van der Waals surface area contributed by atoms with Crippen LogP contribution in [0.15, 0.2) is 24.3 Å². The minimum atomic E-state index is -0.225. The van der Waals surface area contributed by atoms with Gasteiger partial charge in [0.2, 0.25) is 0 Å². The predicted octanol–water partition coefficient (Wildman–Crippen LogP) is 8.76. The summed E-state index contributed by atoms with van der Waals surface area (Å²) in [6.07, 6.45) is 21.4. The molecular formula is C29H45N. The van der Waals surface area contributed by atoms with Crippen LogP contribution in [0.5, 0.6) is 0 Å². The maximum absolute atomic E-state index is 10.1. The first-order valence-electron chi connectivity index (χ1n) is 13.2. The monoisotopic (exact) mass is 407 g/mol. The molecule has 1 nitrogen and oxygen atoms in total. The zero-order chi connectivity index (χ0) is 21.2. The van der Waals surface area contributed by atoms with Crippen LogP contribution in [0, 0.1) is 29.1 Å². The van der Waals surface area contributed by atoms with Gasteiger partial charge in [0.15, 0.2) is 0 Å². The summed E-state index contributed by atoms with van der Waals surface area (Å²) >= 11 is 0. The van der Waals surface area contributed by atoms with E-state index in [4.69, 9.17) is 0 Å². The average molecular weight is 408 g/mol. The fourth-order valence-electron chi connectivity index (χ4n) is 6.33. The van der Waals surface area contributed by atoms with Gasteiger partial charge in [-0.15, -0.1) is 0 Å². The van der Waals surface area contributed by atoms with Gasteiger partial charge in [-0.05, 0) is 73.8 Å². The van der Waals surface area contributed by atoms with Crippen molar-refractivity contribution in [3.8, 4) is 6.07 Å². The lowest BCUT2D eigenvalue weighted by molar-refractivity contribution is 0.143. The van der Waals surface area contributed by atoms with Crippen molar-refractivity contribution in [1.82, 2.24) is 0 Å². The summed E-state index contributed by atoms with van der Waals surface area (Å²) in [5, 5.41) is 10.1. The van der Waals surface area contributed by atoms with E-state index in [-0.39, 0.29) is 5.41 Å². The van der Waals surface area contributed by atoms with Gasteiger partial charge in [-0.2, -0.15) is 5.26 Å². The van der Waals surface area contributed by atoms with E-state index in [0.717, 1.165) is 37.0 Å². The van der Waals surface area contributed by atoms with Crippen LogP contribution in [0.25, 0.3) is 0 Å². The van der Waals surface area contributed by atoms with E-state index >= 15 is 0 Å². The number of aryl methyl sites for hydroxylation is 1. The van der Waals surface area contributed by atoms with E-state index in [9.17, 15) is 5.26 Å². The largest absolute Gasteiger partial charge is 0.197 e. The molecule has 0 amide bonds. The second-order valence-electron chi connectivity index (χ2n) is 10.5. The van der Waals surface area contributed by atoms with Gasteiger partial charge in [0.1, 0.15) is 0 Å². The van der Waals surface area contributed by atoms with Gasteiger partial charge in [0.05, 0.1) is 11.5 Å². The molecule has 0 unspecified atom stereocenters. The van der Waals surface area contributed by atoms with Gasteiger partial charge in [-0.3, -0.25) is 0 Å². The SMILES string of the molecule is CCCCCCCC1CCC(C2CCC(C#N)(c3ccc(CCC)cc3)CC2)CC1. The van der Waals surface area contributed by atoms with Crippen LogP contribution in [0.1, 0.15) is 121 Å². The Balaban J connectivity index is 1.44. The zero-order valence-corrected chi connectivity index (χ0v) is 19.8. The van der Waals surface area contributed by atoms with E-state index in [2.05, 4.69) is 44.2 Å². The maximum Gasteiger partial charge on any atom is 0.0822 e. The van der Waals surface area contributed by atoms with E-state index in [0.29, 0.717) is 0 Å². The van der Waals surface area contributed by atoms with E-state index in [1.54, 1.807) is 0 Å². The fourth-order valence-corrected chi connectivity index (χ4v) is 6.33. The standard InChI is InChI=1S/C29H45N/c1-3-5-6-7-8-10-25-11-15-26(16-12-25)27-19-21-29(23-30,22-20-27)28-17-13-24(9-4-2)14-18-28/h13-14,17-18,25-27H,3-12,15-16,19-22H2,1-2H3. The summed E-state index contributed by atoms with van der Waals surface area (Å²) in [4.78, 5) is 0. The second kappa shape index (κ2) is 11.9. The Morgan fingerprint density at radius 1 is 0.800 bits per heavy atom. The van der Waals surface area contributed by atoms with Crippen LogP contribution < -0.4 is 0 Å². The maximum atomic E-state index is 10.1. The molecule has 3 rings (SSSR count). The average Bonchev–Trinajstić information content (AvgIpc) is 2.80. The van der Waals surface area contributed by atoms with Crippen molar-refractivity contribution in [2.75, 3.05) is 0 Å². The first kappa shape index (κ1) is 23.4. The second-order valence-corrected chi connectivity index (χ2v) is 10.5. The summed E-state index contributed by atoms with van der Waals surface area (Å²) in [5.74, 6) is 2.81. The first-order valence-corrected chi connectivity index (χ1v) is 13.2. The van der Waals surface area contributed by atoms with Crippen molar-refractivity contribution in [3.05, 3.63) is 35.4 Å². The Labute approximate surface area is 186 Å². The number of benzene rings is 1. The molecule has 0 radical (unpaired) electrons. The molecule has 30 heavy (non-hydrogen) atoms. The molecule has 0 aliphatic heterocycles. The molecule has 0 spiro atoms. The molecule has 1 aromatic carbocycles. The third-order valence-corrected chi connectivity index (χ3v) is 8.42. The number of rotatable bonds is 10. The van der Waals surface area contributed by atoms with E-state index in [1.165, 1.54) is 94.6 Å². The quantitative estimate of drug-likeness (QED) is 0.355. The topological polar surface area (TPSA) is 23.8 Å². The summed E-state index contributed by atoms with van der Waals surface area (Å²) < 4.78 is 0. The fraction of sp³-hybridized carbons (Fsp3) is 0.759. The molecule has 0 bridgehead atoms. The highest BCUT2D eigenvalue weighted by Crippen LogP contribution is 2.47. The van der Waals surface area contributed by atoms with Gasteiger partial charge in [-0.25, -0.2) is 0 Å². The minimum absolute atomic E-state index is 0.225. The molecule has 2 saturated carbocycles. The first-order chi connectivity index (χ1) is 14.7. The number of nitriles is 1. The van der Waals surface area contributed by atoms with Crippen LogP contribution >= 0.6 is 0 Å². The van der Waals surface area contributed by atoms with Crippen LogP contribution in [-0.4, -0.2) is 0 Å². The summed E-state index contributed by atoms with van der Waals surface area (Å²) in [5.41, 5.74) is 2.46. The van der Waals surface area contributed by atoms with Crippen LogP contribution in [-0.2, 0) is 11.8 Å². The zero-order valence-electron chi connectivity index (χ0n) is 19.8. The summed E-state index contributed by atoms with van der Waals surface area (Å²) in [7, 11) is 0. The smallest absolute Gasteiger partial charge is 0.0822 e. The van der Waals surface area contributed by atoms with Gasteiger partial charge >= 0.3 is 0 Å². The number of nitrogens with zero attached hydrogens (tertiary/aromatic N) is 1. The van der Waals surface area contributed by atoms with Gasteiger partial charge < -0.3 is 0 Å². The lowest BCUT2D eigenvalue weighted by atomic mass is 9.62. The Morgan fingerprint density at radius 3 is 2.03 bits per heavy atom. The van der Waals surface area contributed by atoms with Gasteiger partial charge in [0, 0.05) is 0 Å². The molecule has 1 aromatic rings. The molecule has 2 aliphatic carbocycles. The van der Waals surface area contributed by atoms with Gasteiger partial charge in [-0.1, -0.05) is 95.9 Å². The molecule has 0 N–H and O–H groups in total. The van der Waals surface area contributed by atoms with Crippen molar-refractivity contribution in [3.63, 3.8) is 0 Å². The Kier molecular flexibility index (Phi) is 9.29. The minimum Gasteiger partial charge on any atom is -0.197 e. The normalized spacial score (nSPS) is 29.4. The van der Waals surface area contributed by atoms with Crippen molar-refractivity contribution >= 4 is 0 Å². The van der Waals surface area contributed by atoms with E-state index in [1.807, 2.05) is 0 Å². The highest BCUT2D eigenvalue weighted by Gasteiger charge is 2.39. The Hall–Kier alpha value is -1.29. The van der Waals surface area contributed by atoms with Gasteiger partial charge in [0.25, 0.3) is 0 Å². The molecular weight excluding hydrogens is 362 g/mol. The third-order valence-electron chi connectivity index (χ3n) is 8.42. The number of unbranched alkanes of at least 4 members (excludes halogenated alkanes) is 4. The molecule has 166 valence electrons. The number of hydrogen-bond donors (Lipinski definition) is 0. The summed E-state index contributed by atoms with van der Waals surface area (Å²) in [6.45, 7) is 4.53. The van der Waals surface area contributed by atoms with Crippen LogP contribution in [0.2, 0.25) is 0 Å². The molecule has 0 saturated heterocycles. The molecule has 0 atom stereocenters. The molecule has 2 aliphatic rings. The lowest BCUT2D eigenvalue weighted by Gasteiger charge is -2.41. The highest BCUT2D eigenvalue weighted by atomic mass is 14.5.